The maximum absolute atomic E-state index is 13.1. The van der Waals surface area contributed by atoms with Crippen LogP contribution in [0.4, 0.5) is 0 Å². The van der Waals surface area contributed by atoms with E-state index in [0.717, 1.165) is 27.8 Å². The number of ether oxygens (including phenoxy) is 1. The standard InChI is InChI=1S/C25H20Cl2N2O2/c1-2-31-18-7-5-6-17(13-18)24-14-20(19-8-3-4-9-23(19)29-24)25(30)28-15-16-10-11-21(26)22(27)12-16/h3-14H,2,15H2,1H3,(H,28,30). The van der Waals surface area contributed by atoms with Crippen molar-refractivity contribution in [3.8, 4) is 17.0 Å². The van der Waals surface area contributed by atoms with Gasteiger partial charge in [0, 0.05) is 17.5 Å². The molecule has 0 unspecified atom stereocenters. The van der Waals surface area contributed by atoms with Crippen molar-refractivity contribution in [2.45, 2.75) is 13.5 Å². The zero-order chi connectivity index (χ0) is 21.8. The van der Waals surface area contributed by atoms with Crippen LogP contribution in [-0.4, -0.2) is 17.5 Å². The Balaban J connectivity index is 1.68. The minimum Gasteiger partial charge on any atom is -0.494 e. The Morgan fingerprint density at radius 2 is 1.81 bits per heavy atom. The first-order valence-corrected chi connectivity index (χ1v) is 10.7. The minimum absolute atomic E-state index is 0.188. The summed E-state index contributed by atoms with van der Waals surface area (Å²) in [6, 6.07) is 22.4. The van der Waals surface area contributed by atoms with Crippen LogP contribution >= 0.6 is 23.2 Å². The lowest BCUT2D eigenvalue weighted by Gasteiger charge is -2.12. The zero-order valence-electron chi connectivity index (χ0n) is 16.9. The lowest BCUT2D eigenvalue weighted by Crippen LogP contribution is -2.23. The molecule has 0 fully saturated rings. The van der Waals surface area contributed by atoms with Crippen LogP contribution in [0.1, 0.15) is 22.8 Å². The molecule has 31 heavy (non-hydrogen) atoms. The number of hydrogen-bond donors (Lipinski definition) is 1. The predicted molar refractivity (Wildman–Crippen MR) is 126 cm³/mol. The van der Waals surface area contributed by atoms with Crippen molar-refractivity contribution in [2.24, 2.45) is 0 Å². The van der Waals surface area contributed by atoms with Crippen LogP contribution in [0.5, 0.6) is 5.75 Å². The third-order valence-corrected chi connectivity index (χ3v) is 5.58. The number of nitrogens with zero attached hydrogens (tertiary/aromatic N) is 1. The van der Waals surface area contributed by atoms with Gasteiger partial charge in [-0.3, -0.25) is 4.79 Å². The van der Waals surface area contributed by atoms with Gasteiger partial charge in [-0.05, 0) is 48.9 Å². The molecular weight excluding hydrogens is 431 g/mol. The molecule has 0 radical (unpaired) electrons. The van der Waals surface area contributed by atoms with Gasteiger partial charge in [0.15, 0.2) is 0 Å². The Bertz CT molecular complexity index is 1260. The number of fused-ring (bicyclic) bond motifs is 1. The van der Waals surface area contributed by atoms with E-state index in [1.807, 2.05) is 67.6 Å². The molecule has 6 heteroatoms. The van der Waals surface area contributed by atoms with Gasteiger partial charge in [-0.1, -0.05) is 59.6 Å². The van der Waals surface area contributed by atoms with E-state index in [9.17, 15) is 4.79 Å². The van der Waals surface area contributed by atoms with Gasteiger partial charge in [0.2, 0.25) is 0 Å². The summed E-state index contributed by atoms with van der Waals surface area (Å²) in [6.07, 6.45) is 0. The number of carbonyl (C=O) groups excluding carboxylic acids is 1. The van der Waals surface area contributed by atoms with Gasteiger partial charge >= 0.3 is 0 Å². The molecule has 4 rings (SSSR count). The number of carbonyl (C=O) groups is 1. The molecule has 0 bridgehead atoms. The number of nitrogens with one attached hydrogen (secondary N) is 1. The summed E-state index contributed by atoms with van der Waals surface area (Å²) in [7, 11) is 0. The largest absolute Gasteiger partial charge is 0.494 e. The molecular formula is C25H20Cl2N2O2. The molecule has 1 heterocycles. The van der Waals surface area contributed by atoms with E-state index in [2.05, 4.69) is 5.32 Å². The van der Waals surface area contributed by atoms with Crippen molar-refractivity contribution < 1.29 is 9.53 Å². The number of pyridine rings is 1. The molecule has 0 saturated heterocycles. The van der Waals surface area contributed by atoms with E-state index >= 15 is 0 Å². The third-order valence-electron chi connectivity index (χ3n) is 4.84. The van der Waals surface area contributed by atoms with Crippen LogP contribution in [0.2, 0.25) is 10.0 Å². The van der Waals surface area contributed by atoms with E-state index in [-0.39, 0.29) is 5.91 Å². The number of aromatic nitrogens is 1. The fourth-order valence-corrected chi connectivity index (χ4v) is 3.67. The van der Waals surface area contributed by atoms with Gasteiger partial charge in [-0.15, -0.1) is 0 Å². The Hall–Kier alpha value is -3.08. The lowest BCUT2D eigenvalue weighted by molar-refractivity contribution is 0.0952. The van der Waals surface area contributed by atoms with Gasteiger partial charge in [0.05, 0.1) is 33.4 Å². The summed E-state index contributed by atoms with van der Waals surface area (Å²) in [5.41, 5.74) is 3.77. The third kappa shape index (κ3) is 4.82. The smallest absolute Gasteiger partial charge is 0.252 e. The average molecular weight is 451 g/mol. The highest BCUT2D eigenvalue weighted by Gasteiger charge is 2.14. The summed E-state index contributed by atoms with van der Waals surface area (Å²) >= 11 is 12.1. The van der Waals surface area contributed by atoms with E-state index in [1.54, 1.807) is 12.1 Å². The first-order valence-electron chi connectivity index (χ1n) is 9.90. The van der Waals surface area contributed by atoms with Gasteiger partial charge in [-0.25, -0.2) is 4.98 Å². The molecule has 0 aliphatic rings. The van der Waals surface area contributed by atoms with Crippen LogP contribution in [0.25, 0.3) is 22.2 Å². The lowest BCUT2D eigenvalue weighted by atomic mass is 10.0. The quantitative estimate of drug-likeness (QED) is 0.362. The number of halogens is 2. The molecule has 4 aromatic rings. The van der Waals surface area contributed by atoms with Crippen molar-refractivity contribution in [2.75, 3.05) is 6.61 Å². The number of para-hydroxylation sites is 1. The van der Waals surface area contributed by atoms with Crippen molar-refractivity contribution >= 4 is 40.0 Å². The molecule has 1 N–H and O–H groups in total. The Labute approximate surface area is 190 Å². The van der Waals surface area contributed by atoms with Crippen LogP contribution in [-0.2, 0) is 6.54 Å². The highest BCUT2D eigenvalue weighted by molar-refractivity contribution is 6.42. The van der Waals surface area contributed by atoms with Crippen molar-refractivity contribution in [3.05, 3.63) is 94.0 Å². The molecule has 3 aromatic carbocycles. The van der Waals surface area contributed by atoms with E-state index in [1.165, 1.54) is 0 Å². The van der Waals surface area contributed by atoms with Crippen LogP contribution in [0.15, 0.2) is 72.8 Å². The summed E-state index contributed by atoms with van der Waals surface area (Å²) in [6.45, 7) is 2.86. The summed E-state index contributed by atoms with van der Waals surface area (Å²) in [5, 5.41) is 4.70. The Morgan fingerprint density at radius 1 is 0.968 bits per heavy atom. The van der Waals surface area contributed by atoms with Gasteiger partial charge in [-0.2, -0.15) is 0 Å². The normalized spacial score (nSPS) is 10.8. The highest BCUT2D eigenvalue weighted by Crippen LogP contribution is 2.28. The van der Waals surface area contributed by atoms with E-state index in [0.29, 0.717) is 34.5 Å². The topological polar surface area (TPSA) is 51.2 Å². The molecule has 4 nitrogen and oxygen atoms in total. The number of rotatable bonds is 6. The fourth-order valence-electron chi connectivity index (χ4n) is 3.35. The molecule has 0 aliphatic carbocycles. The fraction of sp³-hybridized carbons (Fsp3) is 0.120. The predicted octanol–water partition coefficient (Wildman–Crippen LogP) is 6.54. The van der Waals surface area contributed by atoms with Crippen LogP contribution < -0.4 is 10.1 Å². The minimum atomic E-state index is -0.188. The van der Waals surface area contributed by atoms with Gasteiger partial charge < -0.3 is 10.1 Å². The summed E-state index contributed by atoms with van der Waals surface area (Å²) in [4.78, 5) is 17.9. The maximum atomic E-state index is 13.1. The van der Waals surface area contributed by atoms with Crippen molar-refractivity contribution in [1.29, 1.82) is 0 Å². The number of hydrogen-bond acceptors (Lipinski definition) is 3. The maximum Gasteiger partial charge on any atom is 0.252 e. The van der Waals surface area contributed by atoms with Crippen LogP contribution in [0, 0.1) is 0 Å². The molecule has 156 valence electrons. The zero-order valence-corrected chi connectivity index (χ0v) is 18.4. The van der Waals surface area contributed by atoms with E-state index in [4.69, 9.17) is 32.9 Å². The Kier molecular flexibility index (Phi) is 6.40. The molecule has 1 amide bonds. The first kappa shape index (κ1) is 21.2. The SMILES string of the molecule is CCOc1cccc(-c2cc(C(=O)NCc3ccc(Cl)c(Cl)c3)c3ccccc3n2)c1. The molecule has 0 saturated carbocycles. The number of benzene rings is 3. The monoisotopic (exact) mass is 450 g/mol. The molecule has 0 spiro atoms. The van der Waals surface area contributed by atoms with Crippen molar-refractivity contribution in [3.63, 3.8) is 0 Å². The molecule has 0 aliphatic heterocycles. The van der Waals surface area contributed by atoms with Gasteiger partial charge in [0.25, 0.3) is 5.91 Å². The second-order valence-corrected chi connectivity index (χ2v) is 7.78. The summed E-state index contributed by atoms with van der Waals surface area (Å²) in [5.74, 6) is 0.576. The molecule has 1 aromatic heterocycles. The van der Waals surface area contributed by atoms with E-state index < -0.39 is 0 Å². The Morgan fingerprint density at radius 3 is 2.61 bits per heavy atom. The van der Waals surface area contributed by atoms with Crippen molar-refractivity contribution in [1.82, 2.24) is 10.3 Å². The highest BCUT2D eigenvalue weighted by atomic mass is 35.5. The second kappa shape index (κ2) is 9.38. The van der Waals surface area contributed by atoms with Crippen LogP contribution in [0.3, 0.4) is 0 Å². The summed E-state index contributed by atoms with van der Waals surface area (Å²) < 4.78 is 5.61. The average Bonchev–Trinajstić information content (AvgIpc) is 2.79. The first-order chi connectivity index (χ1) is 15.0. The number of amides is 1. The van der Waals surface area contributed by atoms with Gasteiger partial charge in [0.1, 0.15) is 5.75 Å². The second-order valence-electron chi connectivity index (χ2n) is 6.96. The molecule has 0 atom stereocenters.